The SMILES string of the molecule is CN(C)c1cc(C(F)(F)F)nc(N2CCN(c3ncccc3C#N)CC2)n1. The molecule has 0 saturated carbocycles. The summed E-state index contributed by atoms with van der Waals surface area (Å²) in [7, 11) is 3.27. The molecule has 10 heteroatoms. The molecule has 0 bridgehead atoms. The van der Waals surface area contributed by atoms with Gasteiger partial charge in [0.05, 0.1) is 5.56 Å². The molecule has 1 aliphatic heterocycles. The summed E-state index contributed by atoms with van der Waals surface area (Å²) in [6, 6.07) is 6.42. The molecule has 2 aromatic rings. The highest BCUT2D eigenvalue weighted by Crippen LogP contribution is 2.31. The lowest BCUT2D eigenvalue weighted by Gasteiger charge is -2.36. The zero-order valence-electron chi connectivity index (χ0n) is 14.9. The summed E-state index contributed by atoms with van der Waals surface area (Å²) in [6.07, 6.45) is -2.93. The smallest absolute Gasteiger partial charge is 0.363 e. The highest BCUT2D eigenvalue weighted by Gasteiger charge is 2.35. The van der Waals surface area contributed by atoms with Crippen LogP contribution in [0.15, 0.2) is 24.4 Å². The van der Waals surface area contributed by atoms with E-state index in [1.165, 1.54) is 4.90 Å². The first kappa shape index (κ1) is 18.7. The maximum atomic E-state index is 13.2. The quantitative estimate of drug-likeness (QED) is 0.812. The summed E-state index contributed by atoms with van der Waals surface area (Å²) < 4.78 is 39.5. The van der Waals surface area contributed by atoms with Crippen LogP contribution in [0.3, 0.4) is 0 Å². The van der Waals surface area contributed by atoms with E-state index < -0.39 is 11.9 Å². The van der Waals surface area contributed by atoms with Crippen LogP contribution in [0.2, 0.25) is 0 Å². The molecule has 7 nitrogen and oxygen atoms in total. The number of piperazine rings is 1. The first-order chi connectivity index (χ1) is 12.8. The lowest BCUT2D eigenvalue weighted by molar-refractivity contribution is -0.141. The van der Waals surface area contributed by atoms with E-state index >= 15 is 0 Å². The molecule has 2 aromatic heterocycles. The van der Waals surface area contributed by atoms with Gasteiger partial charge in [0.25, 0.3) is 0 Å². The Kier molecular flexibility index (Phi) is 5.03. The van der Waals surface area contributed by atoms with Gasteiger partial charge in [0.1, 0.15) is 17.7 Å². The van der Waals surface area contributed by atoms with E-state index in [0.717, 1.165) is 6.07 Å². The molecule has 0 radical (unpaired) electrons. The number of rotatable bonds is 3. The maximum absolute atomic E-state index is 13.2. The van der Waals surface area contributed by atoms with Crippen molar-refractivity contribution < 1.29 is 13.2 Å². The van der Waals surface area contributed by atoms with Gasteiger partial charge in [-0.15, -0.1) is 0 Å². The molecule has 0 aliphatic carbocycles. The van der Waals surface area contributed by atoms with Crippen molar-refractivity contribution in [1.82, 2.24) is 15.0 Å². The lowest BCUT2D eigenvalue weighted by atomic mass is 10.2. The normalized spacial score (nSPS) is 14.8. The number of anilines is 3. The third kappa shape index (κ3) is 4.02. The predicted molar refractivity (Wildman–Crippen MR) is 94.7 cm³/mol. The van der Waals surface area contributed by atoms with Crippen molar-refractivity contribution in [2.75, 3.05) is 55.0 Å². The molecule has 0 unspecified atom stereocenters. The minimum atomic E-state index is -4.54. The van der Waals surface area contributed by atoms with E-state index in [9.17, 15) is 18.4 Å². The molecule has 1 fully saturated rings. The highest BCUT2D eigenvalue weighted by molar-refractivity contribution is 5.55. The number of nitriles is 1. The second-order valence-electron chi connectivity index (χ2n) is 6.26. The number of halogens is 3. The van der Waals surface area contributed by atoms with Gasteiger partial charge in [-0.05, 0) is 12.1 Å². The van der Waals surface area contributed by atoms with Crippen LogP contribution in [0.1, 0.15) is 11.3 Å². The third-order valence-corrected chi connectivity index (χ3v) is 4.22. The minimum absolute atomic E-state index is 0.0507. The van der Waals surface area contributed by atoms with Crippen molar-refractivity contribution in [2.24, 2.45) is 0 Å². The topological polar surface area (TPSA) is 72.2 Å². The molecule has 142 valence electrons. The number of hydrogen-bond donors (Lipinski definition) is 0. The molecule has 0 N–H and O–H groups in total. The predicted octanol–water partition coefficient (Wildman–Crippen LogP) is 2.15. The van der Waals surface area contributed by atoms with Gasteiger partial charge < -0.3 is 14.7 Å². The highest BCUT2D eigenvalue weighted by atomic mass is 19.4. The van der Waals surface area contributed by atoms with Crippen molar-refractivity contribution in [1.29, 1.82) is 5.26 Å². The Labute approximate surface area is 154 Å². The number of hydrogen-bond acceptors (Lipinski definition) is 7. The van der Waals surface area contributed by atoms with E-state index in [1.54, 1.807) is 37.3 Å². The molecule has 0 spiro atoms. The van der Waals surface area contributed by atoms with Crippen molar-refractivity contribution in [3.8, 4) is 6.07 Å². The first-order valence-corrected chi connectivity index (χ1v) is 8.28. The molecule has 3 rings (SSSR count). The van der Waals surface area contributed by atoms with Crippen molar-refractivity contribution >= 4 is 17.6 Å². The second-order valence-corrected chi connectivity index (χ2v) is 6.26. The average molecular weight is 377 g/mol. The molecule has 27 heavy (non-hydrogen) atoms. The van der Waals surface area contributed by atoms with Crippen LogP contribution < -0.4 is 14.7 Å². The van der Waals surface area contributed by atoms with Gasteiger partial charge in [-0.1, -0.05) is 0 Å². The van der Waals surface area contributed by atoms with Crippen LogP contribution in [0, 0.1) is 11.3 Å². The van der Waals surface area contributed by atoms with Gasteiger partial charge in [-0.25, -0.2) is 9.97 Å². The average Bonchev–Trinajstić information content (AvgIpc) is 2.67. The number of pyridine rings is 1. The van der Waals surface area contributed by atoms with E-state index in [2.05, 4.69) is 21.0 Å². The molecule has 3 heterocycles. The Bertz CT molecular complexity index is 852. The monoisotopic (exact) mass is 377 g/mol. The van der Waals surface area contributed by atoms with Crippen molar-refractivity contribution in [3.05, 3.63) is 35.7 Å². The Hall–Kier alpha value is -3.09. The summed E-state index contributed by atoms with van der Waals surface area (Å²) >= 11 is 0. The molecular formula is C17H18F3N7. The van der Waals surface area contributed by atoms with E-state index in [0.29, 0.717) is 37.6 Å². The number of nitrogens with zero attached hydrogens (tertiary/aromatic N) is 7. The van der Waals surface area contributed by atoms with Gasteiger partial charge in [0.15, 0.2) is 5.69 Å². The van der Waals surface area contributed by atoms with Gasteiger partial charge in [0.2, 0.25) is 5.95 Å². The Morgan fingerprint density at radius 1 is 1.11 bits per heavy atom. The summed E-state index contributed by atoms with van der Waals surface area (Å²) in [5.74, 6) is 0.833. The van der Waals surface area contributed by atoms with Crippen LogP contribution in [0.25, 0.3) is 0 Å². The van der Waals surface area contributed by atoms with E-state index in [1.807, 2.05) is 4.90 Å². The van der Waals surface area contributed by atoms with Crippen molar-refractivity contribution in [2.45, 2.75) is 6.18 Å². The standard InChI is InChI=1S/C17H18F3N7/c1-25(2)14-10-13(17(18,19)20)23-16(24-14)27-8-6-26(7-9-27)15-12(11-21)4-3-5-22-15/h3-5,10H,6-9H2,1-2H3. The van der Waals surface area contributed by atoms with Crippen LogP contribution in [-0.4, -0.2) is 55.2 Å². The summed E-state index contributed by atoms with van der Waals surface area (Å²) in [5.41, 5.74) is -0.494. The van der Waals surface area contributed by atoms with Crippen molar-refractivity contribution in [3.63, 3.8) is 0 Å². The van der Waals surface area contributed by atoms with E-state index in [-0.39, 0.29) is 11.8 Å². The summed E-state index contributed by atoms with van der Waals surface area (Å²) in [6.45, 7) is 1.86. The van der Waals surface area contributed by atoms with Crippen LogP contribution in [0.4, 0.5) is 30.8 Å². The minimum Gasteiger partial charge on any atom is -0.363 e. The molecular weight excluding hydrogens is 359 g/mol. The Morgan fingerprint density at radius 3 is 2.37 bits per heavy atom. The van der Waals surface area contributed by atoms with E-state index in [4.69, 9.17) is 0 Å². The van der Waals surface area contributed by atoms with Gasteiger partial charge in [-0.3, -0.25) is 0 Å². The molecule has 1 saturated heterocycles. The number of aromatic nitrogens is 3. The van der Waals surface area contributed by atoms with Gasteiger partial charge in [-0.2, -0.15) is 23.4 Å². The van der Waals surface area contributed by atoms with Gasteiger partial charge in [0, 0.05) is 52.5 Å². The fourth-order valence-electron chi connectivity index (χ4n) is 2.79. The largest absolute Gasteiger partial charge is 0.433 e. The zero-order valence-corrected chi connectivity index (χ0v) is 14.9. The molecule has 0 amide bonds. The Balaban J connectivity index is 1.82. The molecule has 0 atom stereocenters. The summed E-state index contributed by atoms with van der Waals surface area (Å²) in [4.78, 5) is 17.4. The fraction of sp³-hybridized carbons (Fsp3) is 0.412. The van der Waals surface area contributed by atoms with Crippen LogP contribution >= 0.6 is 0 Å². The second kappa shape index (κ2) is 7.26. The molecule has 0 aromatic carbocycles. The van der Waals surface area contributed by atoms with Crippen LogP contribution in [0.5, 0.6) is 0 Å². The fourth-order valence-corrected chi connectivity index (χ4v) is 2.79. The molecule has 1 aliphatic rings. The zero-order chi connectivity index (χ0) is 19.6. The first-order valence-electron chi connectivity index (χ1n) is 8.28. The maximum Gasteiger partial charge on any atom is 0.433 e. The lowest BCUT2D eigenvalue weighted by Crippen LogP contribution is -2.47. The number of alkyl halides is 3. The third-order valence-electron chi connectivity index (χ3n) is 4.22. The van der Waals surface area contributed by atoms with Gasteiger partial charge >= 0.3 is 6.18 Å². The summed E-state index contributed by atoms with van der Waals surface area (Å²) in [5, 5.41) is 9.21. The Morgan fingerprint density at radius 2 is 1.78 bits per heavy atom. The van der Waals surface area contributed by atoms with Crippen LogP contribution in [-0.2, 0) is 6.18 Å².